The number of amides is 2. The first-order valence-electron chi connectivity index (χ1n) is 9.28. The van der Waals surface area contributed by atoms with Gasteiger partial charge in [0.2, 0.25) is 11.8 Å². The van der Waals surface area contributed by atoms with E-state index in [1.807, 2.05) is 56.3 Å². The van der Waals surface area contributed by atoms with Crippen LogP contribution in [0.3, 0.4) is 0 Å². The van der Waals surface area contributed by atoms with Crippen LogP contribution in [0.5, 0.6) is 0 Å². The molecule has 0 aromatic heterocycles. The number of carbonyl (C=O) groups excluding carboxylic acids is 2. The van der Waals surface area contributed by atoms with Gasteiger partial charge in [-0.3, -0.25) is 9.59 Å². The van der Waals surface area contributed by atoms with E-state index in [4.69, 9.17) is 11.6 Å². The van der Waals surface area contributed by atoms with Crippen molar-refractivity contribution in [1.82, 2.24) is 10.2 Å². The highest BCUT2D eigenvalue weighted by Crippen LogP contribution is 2.18. The number of nitrogens with one attached hydrogen (secondary N) is 1. The molecule has 0 unspecified atom stereocenters. The number of aryl methyl sites for hydroxylation is 1. The van der Waals surface area contributed by atoms with E-state index in [9.17, 15) is 9.59 Å². The lowest BCUT2D eigenvalue weighted by atomic mass is 10.1. The van der Waals surface area contributed by atoms with Crippen molar-refractivity contribution in [2.24, 2.45) is 0 Å². The van der Waals surface area contributed by atoms with Crippen LogP contribution >= 0.6 is 11.6 Å². The third-order valence-corrected chi connectivity index (χ3v) is 4.82. The van der Waals surface area contributed by atoms with Crippen molar-refractivity contribution in [3.8, 4) is 0 Å². The van der Waals surface area contributed by atoms with Gasteiger partial charge in [0.05, 0.1) is 6.42 Å². The molecule has 1 atom stereocenters. The second-order valence-electron chi connectivity index (χ2n) is 6.75. The lowest BCUT2D eigenvalue weighted by Gasteiger charge is -2.29. The Hall–Kier alpha value is -2.33. The number of carbonyl (C=O) groups is 2. The predicted molar refractivity (Wildman–Crippen MR) is 110 cm³/mol. The molecule has 144 valence electrons. The fourth-order valence-corrected chi connectivity index (χ4v) is 3.09. The summed E-state index contributed by atoms with van der Waals surface area (Å²) in [4.78, 5) is 27.2. The van der Waals surface area contributed by atoms with Gasteiger partial charge in [-0.2, -0.15) is 0 Å². The van der Waals surface area contributed by atoms with Crippen LogP contribution in [0.25, 0.3) is 0 Å². The molecule has 0 aliphatic carbocycles. The highest BCUT2D eigenvalue weighted by molar-refractivity contribution is 6.31. The second kappa shape index (κ2) is 10.1. The summed E-state index contributed by atoms with van der Waals surface area (Å²) in [6, 6.07) is 14.7. The van der Waals surface area contributed by atoms with Crippen molar-refractivity contribution < 1.29 is 9.59 Å². The molecule has 1 N–H and O–H groups in total. The summed E-state index contributed by atoms with van der Waals surface area (Å²) in [5, 5.41) is 3.44. The summed E-state index contributed by atoms with van der Waals surface area (Å²) in [7, 11) is 0. The van der Waals surface area contributed by atoms with E-state index in [1.165, 1.54) is 0 Å². The fourth-order valence-electron chi connectivity index (χ4n) is 2.89. The van der Waals surface area contributed by atoms with E-state index < -0.39 is 6.04 Å². The zero-order valence-corrected chi connectivity index (χ0v) is 16.9. The fraction of sp³-hybridized carbons (Fsp3) is 0.364. The van der Waals surface area contributed by atoms with Crippen molar-refractivity contribution in [2.45, 2.75) is 46.2 Å². The number of rotatable bonds is 8. The third-order valence-electron chi connectivity index (χ3n) is 4.45. The molecular formula is C22H27ClN2O2. The molecule has 0 heterocycles. The lowest BCUT2D eigenvalue weighted by molar-refractivity contribution is -0.140. The van der Waals surface area contributed by atoms with Crippen molar-refractivity contribution in [2.75, 3.05) is 6.54 Å². The summed E-state index contributed by atoms with van der Waals surface area (Å²) < 4.78 is 0. The molecule has 2 aromatic carbocycles. The van der Waals surface area contributed by atoms with E-state index in [2.05, 4.69) is 5.32 Å². The summed E-state index contributed by atoms with van der Waals surface area (Å²) >= 11 is 6.21. The Labute approximate surface area is 166 Å². The van der Waals surface area contributed by atoms with Gasteiger partial charge >= 0.3 is 0 Å². The minimum Gasteiger partial charge on any atom is -0.354 e. The molecular weight excluding hydrogens is 360 g/mol. The minimum absolute atomic E-state index is 0.122. The molecule has 0 saturated carbocycles. The molecule has 0 bridgehead atoms. The van der Waals surface area contributed by atoms with E-state index in [-0.39, 0.29) is 18.2 Å². The topological polar surface area (TPSA) is 49.4 Å². The smallest absolute Gasteiger partial charge is 0.242 e. The number of nitrogens with zero attached hydrogens (tertiary/aromatic N) is 1. The van der Waals surface area contributed by atoms with E-state index >= 15 is 0 Å². The maximum Gasteiger partial charge on any atom is 0.242 e. The van der Waals surface area contributed by atoms with Crippen LogP contribution in [0.15, 0.2) is 48.5 Å². The van der Waals surface area contributed by atoms with Crippen LogP contribution in [0.4, 0.5) is 0 Å². The quantitative estimate of drug-likeness (QED) is 0.741. The molecule has 0 spiro atoms. The third kappa shape index (κ3) is 6.10. The molecule has 2 aromatic rings. The molecule has 5 heteroatoms. The Morgan fingerprint density at radius 3 is 2.56 bits per heavy atom. The molecule has 0 aliphatic rings. The van der Waals surface area contributed by atoms with Crippen LogP contribution in [-0.4, -0.2) is 29.3 Å². The van der Waals surface area contributed by atoms with Gasteiger partial charge in [0.1, 0.15) is 6.04 Å². The zero-order chi connectivity index (χ0) is 19.8. The predicted octanol–water partition coefficient (Wildman–Crippen LogP) is 4.13. The first-order chi connectivity index (χ1) is 12.9. The molecule has 0 fully saturated rings. The zero-order valence-electron chi connectivity index (χ0n) is 16.2. The van der Waals surface area contributed by atoms with Crippen molar-refractivity contribution in [3.63, 3.8) is 0 Å². The second-order valence-corrected chi connectivity index (χ2v) is 7.15. The van der Waals surface area contributed by atoms with Crippen LogP contribution in [0.1, 0.15) is 37.0 Å². The van der Waals surface area contributed by atoms with Gasteiger partial charge in [-0.1, -0.05) is 66.6 Å². The van der Waals surface area contributed by atoms with Gasteiger partial charge < -0.3 is 10.2 Å². The summed E-state index contributed by atoms with van der Waals surface area (Å²) in [5.41, 5.74) is 2.88. The SMILES string of the molecule is CCCNC(=O)[C@@H](C)N(Cc1cccc(C)c1)C(=O)Cc1ccccc1Cl. The highest BCUT2D eigenvalue weighted by atomic mass is 35.5. The van der Waals surface area contributed by atoms with Crippen molar-refractivity contribution in [3.05, 3.63) is 70.2 Å². The summed E-state index contributed by atoms with van der Waals surface area (Å²) in [6.07, 6.45) is 1.01. The normalized spacial score (nSPS) is 11.7. The molecule has 2 amide bonds. The first-order valence-corrected chi connectivity index (χ1v) is 9.66. The van der Waals surface area contributed by atoms with Crippen LogP contribution in [0, 0.1) is 6.92 Å². The number of hydrogen-bond acceptors (Lipinski definition) is 2. The van der Waals surface area contributed by atoms with Crippen LogP contribution < -0.4 is 5.32 Å². The standard InChI is InChI=1S/C22H27ClN2O2/c1-4-12-24-22(27)17(3)25(15-18-9-7-8-16(2)13-18)21(26)14-19-10-5-6-11-20(19)23/h5-11,13,17H,4,12,14-15H2,1-3H3,(H,24,27)/t17-/m1/s1. The molecule has 0 aliphatic heterocycles. The minimum atomic E-state index is -0.563. The maximum absolute atomic E-state index is 13.1. The molecule has 4 nitrogen and oxygen atoms in total. The van der Waals surface area contributed by atoms with E-state index in [0.717, 1.165) is 23.1 Å². The molecule has 2 rings (SSSR count). The lowest BCUT2D eigenvalue weighted by Crippen LogP contribution is -2.48. The number of hydrogen-bond donors (Lipinski definition) is 1. The summed E-state index contributed by atoms with van der Waals surface area (Å²) in [6.45, 7) is 6.76. The van der Waals surface area contributed by atoms with Gasteiger partial charge in [-0.25, -0.2) is 0 Å². The van der Waals surface area contributed by atoms with Crippen molar-refractivity contribution in [1.29, 1.82) is 0 Å². The Morgan fingerprint density at radius 2 is 1.89 bits per heavy atom. The maximum atomic E-state index is 13.1. The van der Waals surface area contributed by atoms with Gasteiger partial charge in [0, 0.05) is 18.1 Å². The van der Waals surface area contributed by atoms with Gasteiger partial charge in [0.25, 0.3) is 0 Å². The summed E-state index contributed by atoms with van der Waals surface area (Å²) in [5.74, 6) is -0.263. The average molecular weight is 387 g/mol. The van der Waals surface area contributed by atoms with Gasteiger partial charge in [-0.05, 0) is 37.5 Å². The highest BCUT2D eigenvalue weighted by Gasteiger charge is 2.26. The van der Waals surface area contributed by atoms with E-state index in [1.54, 1.807) is 17.9 Å². The van der Waals surface area contributed by atoms with Crippen LogP contribution in [0.2, 0.25) is 5.02 Å². The average Bonchev–Trinajstić information content (AvgIpc) is 2.65. The monoisotopic (exact) mass is 386 g/mol. The largest absolute Gasteiger partial charge is 0.354 e. The molecule has 0 radical (unpaired) electrons. The first kappa shape index (κ1) is 21.0. The Morgan fingerprint density at radius 1 is 1.15 bits per heavy atom. The van der Waals surface area contributed by atoms with Gasteiger partial charge in [0.15, 0.2) is 0 Å². The number of benzene rings is 2. The Bertz CT molecular complexity index is 791. The Kier molecular flexibility index (Phi) is 7.86. The van der Waals surface area contributed by atoms with E-state index in [0.29, 0.717) is 18.1 Å². The number of halogens is 1. The van der Waals surface area contributed by atoms with Crippen molar-refractivity contribution >= 4 is 23.4 Å². The molecule has 27 heavy (non-hydrogen) atoms. The Balaban J connectivity index is 2.23. The molecule has 0 saturated heterocycles. The van der Waals surface area contributed by atoms with Crippen LogP contribution in [-0.2, 0) is 22.6 Å². The van der Waals surface area contributed by atoms with Gasteiger partial charge in [-0.15, -0.1) is 0 Å².